The first-order chi connectivity index (χ1) is 10.8. The molecule has 0 unspecified atom stereocenters. The van der Waals surface area contributed by atoms with Crippen molar-refractivity contribution in [3.63, 3.8) is 0 Å². The Hall–Kier alpha value is -1.47. The van der Waals surface area contributed by atoms with Gasteiger partial charge in [0.05, 0.1) is 0 Å². The fraction of sp³-hybridized carbons (Fsp3) is 0.562. The molecule has 4 nitrogen and oxygen atoms in total. The number of ether oxygens (including phenoxy) is 1. The number of rotatable bonds is 9. The summed E-state index contributed by atoms with van der Waals surface area (Å²) in [5.74, 6) is -0.308. The third kappa shape index (κ3) is 9.62. The van der Waals surface area contributed by atoms with Gasteiger partial charge in [0, 0.05) is 20.0 Å². The molecule has 0 heterocycles. The number of nitrogens with two attached hydrogens (primary N) is 1. The monoisotopic (exact) mass is 368 g/mol. The zero-order chi connectivity index (χ0) is 17.3. The van der Waals surface area contributed by atoms with Gasteiger partial charge in [-0.3, -0.25) is 4.79 Å². The van der Waals surface area contributed by atoms with Crippen LogP contribution in [0.25, 0.3) is 0 Å². The van der Waals surface area contributed by atoms with E-state index in [1.54, 1.807) is 13.1 Å². The molecule has 0 radical (unpaired) electrons. The summed E-state index contributed by atoms with van der Waals surface area (Å²) in [7, 11) is 1.64. The first-order valence-corrected chi connectivity index (χ1v) is 7.60. The van der Waals surface area contributed by atoms with E-state index in [9.17, 15) is 18.0 Å². The Kier molecular flexibility index (Phi) is 10.5. The summed E-state index contributed by atoms with van der Waals surface area (Å²) < 4.78 is 40.5. The van der Waals surface area contributed by atoms with Crippen LogP contribution in [0.5, 0.6) is 5.75 Å². The maximum absolute atomic E-state index is 12.2. The zero-order valence-electron chi connectivity index (χ0n) is 13.6. The Morgan fingerprint density at radius 1 is 1.21 bits per heavy atom. The molecule has 24 heavy (non-hydrogen) atoms. The van der Waals surface area contributed by atoms with Crippen LogP contribution in [-0.2, 0) is 11.3 Å². The van der Waals surface area contributed by atoms with Gasteiger partial charge in [-0.05, 0) is 37.1 Å². The summed E-state index contributed by atoms with van der Waals surface area (Å²) in [6.45, 7) is 0.904. The number of alkyl halides is 3. The average Bonchev–Trinajstić information content (AvgIpc) is 2.45. The van der Waals surface area contributed by atoms with Crippen LogP contribution in [0.2, 0.25) is 0 Å². The molecule has 0 fully saturated rings. The number of hydrogen-bond acceptors (Lipinski definition) is 3. The highest BCUT2D eigenvalue weighted by atomic mass is 35.5. The highest BCUT2D eigenvalue weighted by Crippen LogP contribution is 2.23. The summed E-state index contributed by atoms with van der Waals surface area (Å²) in [5, 5.41) is 0. The molecule has 0 bridgehead atoms. The van der Waals surface area contributed by atoms with Gasteiger partial charge in [0.15, 0.2) is 0 Å². The number of hydrogen-bond donors (Lipinski definition) is 1. The van der Waals surface area contributed by atoms with E-state index in [1.165, 1.54) is 23.1 Å². The molecule has 0 aliphatic carbocycles. The van der Waals surface area contributed by atoms with Crippen molar-refractivity contribution in [3.05, 3.63) is 29.8 Å². The molecule has 1 amide bonds. The van der Waals surface area contributed by atoms with Crippen molar-refractivity contribution in [1.82, 2.24) is 4.90 Å². The zero-order valence-corrected chi connectivity index (χ0v) is 14.5. The molecular formula is C16H24ClF3N2O2. The van der Waals surface area contributed by atoms with Gasteiger partial charge in [0.2, 0.25) is 5.91 Å². The van der Waals surface area contributed by atoms with Gasteiger partial charge in [-0.1, -0.05) is 25.0 Å². The average molecular weight is 369 g/mol. The van der Waals surface area contributed by atoms with Gasteiger partial charge in [-0.25, -0.2) is 0 Å². The van der Waals surface area contributed by atoms with Crippen LogP contribution in [0.4, 0.5) is 13.2 Å². The van der Waals surface area contributed by atoms with E-state index >= 15 is 0 Å². The minimum atomic E-state index is -4.72. The van der Waals surface area contributed by atoms with E-state index < -0.39 is 6.36 Å². The molecule has 0 atom stereocenters. The standard InChI is InChI=1S/C16H23F3N2O2.ClH/c1-21(15(22)9-4-2-3-5-10-20)12-13-7-6-8-14(11-13)23-16(17,18)19;/h6-8,11H,2-5,9-10,12,20H2,1H3;1H. The Balaban J connectivity index is 0.00000529. The van der Waals surface area contributed by atoms with Gasteiger partial charge in [-0.2, -0.15) is 0 Å². The second-order valence-corrected chi connectivity index (χ2v) is 5.40. The molecule has 1 aromatic rings. The van der Waals surface area contributed by atoms with E-state index in [-0.39, 0.29) is 30.6 Å². The second-order valence-electron chi connectivity index (χ2n) is 5.40. The van der Waals surface area contributed by atoms with Gasteiger partial charge >= 0.3 is 6.36 Å². The molecule has 138 valence electrons. The summed E-state index contributed by atoms with van der Waals surface area (Å²) >= 11 is 0. The minimum absolute atomic E-state index is 0. The van der Waals surface area contributed by atoms with Crippen LogP contribution < -0.4 is 10.5 Å². The maximum Gasteiger partial charge on any atom is 0.573 e. The molecule has 0 saturated heterocycles. The normalized spacial score (nSPS) is 10.9. The van der Waals surface area contributed by atoms with Gasteiger partial charge in [-0.15, -0.1) is 25.6 Å². The fourth-order valence-corrected chi connectivity index (χ4v) is 2.17. The number of amides is 1. The van der Waals surface area contributed by atoms with Gasteiger partial charge in [0.1, 0.15) is 5.75 Å². The smallest absolute Gasteiger partial charge is 0.406 e. The first kappa shape index (κ1) is 22.5. The predicted molar refractivity (Wildman–Crippen MR) is 89.0 cm³/mol. The highest BCUT2D eigenvalue weighted by molar-refractivity contribution is 5.85. The van der Waals surface area contributed by atoms with Crippen molar-refractivity contribution in [2.45, 2.75) is 45.0 Å². The third-order valence-corrected chi connectivity index (χ3v) is 3.32. The summed E-state index contributed by atoms with van der Waals surface area (Å²) in [6.07, 6.45) is -0.587. The third-order valence-electron chi connectivity index (χ3n) is 3.32. The maximum atomic E-state index is 12.2. The molecule has 2 N–H and O–H groups in total. The van der Waals surface area contributed by atoms with Crippen LogP contribution in [0.1, 0.15) is 37.7 Å². The summed E-state index contributed by atoms with van der Waals surface area (Å²) in [4.78, 5) is 13.5. The first-order valence-electron chi connectivity index (χ1n) is 7.60. The van der Waals surface area contributed by atoms with E-state index in [4.69, 9.17) is 5.73 Å². The number of carbonyl (C=O) groups excluding carboxylic acids is 1. The van der Waals surface area contributed by atoms with E-state index in [1.807, 2.05) is 0 Å². The number of halogens is 4. The topological polar surface area (TPSA) is 55.6 Å². The van der Waals surface area contributed by atoms with Crippen molar-refractivity contribution in [2.24, 2.45) is 5.73 Å². The van der Waals surface area contributed by atoms with Crippen molar-refractivity contribution in [2.75, 3.05) is 13.6 Å². The number of carbonyl (C=O) groups is 1. The number of benzene rings is 1. The Morgan fingerprint density at radius 2 is 1.88 bits per heavy atom. The SMILES string of the molecule is CN(Cc1cccc(OC(F)(F)F)c1)C(=O)CCCCCCN.Cl. The minimum Gasteiger partial charge on any atom is -0.406 e. The lowest BCUT2D eigenvalue weighted by molar-refractivity contribution is -0.274. The lowest BCUT2D eigenvalue weighted by atomic mass is 10.1. The van der Waals surface area contributed by atoms with E-state index in [0.29, 0.717) is 18.5 Å². The molecule has 0 spiro atoms. The molecule has 8 heteroatoms. The van der Waals surface area contributed by atoms with Gasteiger partial charge in [0.25, 0.3) is 0 Å². The van der Waals surface area contributed by atoms with Gasteiger partial charge < -0.3 is 15.4 Å². The number of nitrogens with zero attached hydrogens (tertiary/aromatic N) is 1. The van der Waals surface area contributed by atoms with Crippen LogP contribution in [-0.4, -0.2) is 30.8 Å². The van der Waals surface area contributed by atoms with E-state index in [0.717, 1.165) is 25.7 Å². The lowest BCUT2D eigenvalue weighted by Crippen LogP contribution is -2.26. The van der Waals surface area contributed by atoms with Crippen molar-refractivity contribution in [3.8, 4) is 5.75 Å². The Labute approximate surface area is 146 Å². The molecule has 0 saturated carbocycles. The molecule has 0 aromatic heterocycles. The van der Waals surface area contributed by atoms with Crippen LogP contribution >= 0.6 is 12.4 Å². The predicted octanol–water partition coefficient (Wildman–Crippen LogP) is 3.87. The second kappa shape index (κ2) is 11.1. The summed E-state index contributed by atoms with van der Waals surface area (Å²) in [6, 6.07) is 5.66. The fourth-order valence-electron chi connectivity index (χ4n) is 2.17. The summed E-state index contributed by atoms with van der Waals surface area (Å²) in [5.41, 5.74) is 5.99. The Morgan fingerprint density at radius 3 is 2.50 bits per heavy atom. The van der Waals surface area contributed by atoms with Crippen LogP contribution in [0.15, 0.2) is 24.3 Å². The molecule has 0 aliphatic heterocycles. The molecular weight excluding hydrogens is 345 g/mol. The van der Waals surface area contributed by atoms with Crippen molar-refractivity contribution < 1.29 is 22.7 Å². The van der Waals surface area contributed by atoms with Crippen LogP contribution in [0.3, 0.4) is 0 Å². The van der Waals surface area contributed by atoms with Crippen molar-refractivity contribution in [1.29, 1.82) is 0 Å². The quantitative estimate of drug-likeness (QED) is 0.673. The molecule has 1 aromatic carbocycles. The van der Waals surface area contributed by atoms with E-state index in [2.05, 4.69) is 4.74 Å². The molecule has 1 rings (SSSR count). The largest absolute Gasteiger partial charge is 0.573 e. The lowest BCUT2D eigenvalue weighted by Gasteiger charge is -2.18. The molecule has 0 aliphatic rings. The van der Waals surface area contributed by atoms with Crippen LogP contribution in [0, 0.1) is 0 Å². The van der Waals surface area contributed by atoms with Crippen molar-refractivity contribution >= 4 is 18.3 Å². The highest BCUT2D eigenvalue weighted by Gasteiger charge is 2.31. The Bertz CT molecular complexity index is 498. The number of unbranched alkanes of at least 4 members (excludes halogenated alkanes) is 3.